The molecule has 2 heterocycles. The van der Waals surface area contributed by atoms with Crippen molar-refractivity contribution in [2.45, 2.75) is 38.6 Å². The number of hydrogen-bond donors (Lipinski definition) is 2. The van der Waals surface area contributed by atoms with E-state index >= 15 is 0 Å². The number of nitrogens with zero attached hydrogens (tertiary/aromatic N) is 2. The summed E-state index contributed by atoms with van der Waals surface area (Å²) in [6.45, 7) is 2.64. The van der Waals surface area contributed by atoms with Crippen LogP contribution in [0.2, 0.25) is 0 Å². The number of nitrogens with one attached hydrogen (secondary N) is 1. The van der Waals surface area contributed by atoms with Gasteiger partial charge >= 0.3 is 0 Å². The van der Waals surface area contributed by atoms with Crippen LogP contribution in [0.3, 0.4) is 0 Å². The molecule has 0 spiro atoms. The van der Waals surface area contributed by atoms with Gasteiger partial charge in [-0.2, -0.15) is 0 Å². The van der Waals surface area contributed by atoms with Crippen LogP contribution >= 0.6 is 0 Å². The Morgan fingerprint density at radius 2 is 2.30 bits per heavy atom. The zero-order valence-electron chi connectivity index (χ0n) is 12.2. The number of aromatic nitrogens is 1. The normalized spacial score (nSPS) is 19.6. The molecule has 1 aliphatic heterocycles. The summed E-state index contributed by atoms with van der Waals surface area (Å²) in [4.78, 5) is 18.8. The highest BCUT2D eigenvalue weighted by molar-refractivity contribution is 5.99. The molecule has 1 amide bonds. The number of hydrogen-bond acceptors (Lipinski definition) is 4. The van der Waals surface area contributed by atoms with Crippen molar-refractivity contribution in [3.05, 3.63) is 23.5 Å². The molecule has 0 radical (unpaired) electrons. The van der Waals surface area contributed by atoms with Crippen molar-refractivity contribution >= 4 is 11.6 Å². The molecule has 1 atom stereocenters. The molecule has 2 rings (SSSR count). The minimum Gasteiger partial charge on any atom is -0.394 e. The number of anilines is 1. The molecule has 0 aromatic carbocycles. The number of likely N-dealkylation sites (tertiary alicyclic amines) is 1. The number of carbonyl (C=O) groups is 1. The molecule has 0 aliphatic carbocycles. The smallest absolute Gasteiger partial charge is 0.257 e. The van der Waals surface area contributed by atoms with Gasteiger partial charge in [-0.05, 0) is 25.8 Å². The first kappa shape index (κ1) is 14.8. The van der Waals surface area contributed by atoms with E-state index in [1.807, 2.05) is 13.0 Å². The maximum atomic E-state index is 12.7. The van der Waals surface area contributed by atoms with Crippen molar-refractivity contribution in [1.29, 1.82) is 0 Å². The van der Waals surface area contributed by atoms with E-state index in [9.17, 15) is 9.90 Å². The summed E-state index contributed by atoms with van der Waals surface area (Å²) >= 11 is 0. The Labute approximate surface area is 120 Å². The second-order valence-electron chi connectivity index (χ2n) is 5.31. The van der Waals surface area contributed by atoms with Crippen LogP contribution in [-0.2, 0) is 0 Å². The van der Waals surface area contributed by atoms with Crippen molar-refractivity contribution in [1.82, 2.24) is 9.88 Å². The van der Waals surface area contributed by atoms with E-state index in [0.717, 1.165) is 37.1 Å². The van der Waals surface area contributed by atoms with Gasteiger partial charge < -0.3 is 15.3 Å². The molecule has 1 fully saturated rings. The predicted octanol–water partition coefficient (Wildman–Crippen LogP) is 1.81. The molecular weight excluding hydrogens is 254 g/mol. The first-order valence-electron chi connectivity index (χ1n) is 7.23. The Balaban J connectivity index is 2.28. The quantitative estimate of drug-likeness (QED) is 0.884. The van der Waals surface area contributed by atoms with Gasteiger partial charge in [-0.15, -0.1) is 0 Å². The van der Waals surface area contributed by atoms with Gasteiger partial charge in [-0.1, -0.05) is 12.8 Å². The summed E-state index contributed by atoms with van der Waals surface area (Å²) < 4.78 is 0. The van der Waals surface area contributed by atoms with E-state index in [1.54, 1.807) is 18.1 Å². The fourth-order valence-corrected chi connectivity index (χ4v) is 2.73. The lowest BCUT2D eigenvalue weighted by Crippen LogP contribution is -2.42. The van der Waals surface area contributed by atoms with Crippen molar-refractivity contribution in [3.8, 4) is 0 Å². The van der Waals surface area contributed by atoms with Crippen LogP contribution in [0.15, 0.2) is 12.3 Å². The fourth-order valence-electron chi connectivity index (χ4n) is 2.73. The summed E-state index contributed by atoms with van der Waals surface area (Å²) in [5.41, 5.74) is 2.25. The molecule has 2 N–H and O–H groups in total. The second-order valence-corrected chi connectivity index (χ2v) is 5.31. The molecule has 110 valence electrons. The second kappa shape index (κ2) is 6.70. The Hall–Kier alpha value is -1.62. The van der Waals surface area contributed by atoms with Crippen LogP contribution in [0.1, 0.15) is 41.7 Å². The largest absolute Gasteiger partial charge is 0.394 e. The number of rotatable bonds is 3. The van der Waals surface area contributed by atoms with E-state index in [-0.39, 0.29) is 18.6 Å². The Kier molecular flexibility index (Phi) is 4.95. The van der Waals surface area contributed by atoms with Gasteiger partial charge in [0.25, 0.3) is 5.91 Å². The monoisotopic (exact) mass is 277 g/mol. The van der Waals surface area contributed by atoms with Gasteiger partial charge in [0.05, 0.1) is 23.9 Å². The van der Waals surface area contributed by atoms with E-state index < -0.39 is 0 Å². The minimum absolute atomic E-state index is 0.0277. The lowest BCUT2D eigenvalue weighted by Gasteiger charge is -2.29. The number of carbonyl (C=O) groups excluding carboxylic acids is 1. The summed E-state index contributed by atoms with van der Waals surface area (Å²) in [6, 6.07) is 1.80. The van der Waals surface area contributed by atoms with Crippen LogP contribution in [0.5, 0.6) is 0 Å². The Morgan fingerprint density at radius 3 is 3.00 bits per heavy atom. The number of aliphatic hydroxyl groups excluding tert-OH is 1. The minimum atomic E-state index is -0.0731. The SMILES string of the molecule is CNc1cc(C)ncc1C(=O)N1CCCCCC1CO. The Bertz CT molecular complexity index is 476. The summed E-state index contributed by atoms with van der Waals surface area (Å²) in [7, 11) is 1.80. The third-order valence-corrected chi connectivity index (χ3v) is 3.89. The van der Waals surface area contributed by atoms with E-state index in [2.05, 4.69) is 10.3 Å². The van der Waals surface area contributed by atoms with Gasteiger partial charge in [0.1, 0.15) is 0 Å². The zero-order valence-corrected chi connectivity index (χ0v) is 12.2. The van der Waals surface area contributed by atoms with Crippen LogP contribution in [-0.4, -0.2) is 47.1 Å². The standard InChI is InChI=1S/C15H23N3O2/c1-11-8-14(16-2)13(9-17-11)15(20)18-7-5-3-4-6-12(18)10-19/h8-9,12,19H,3-7,10H2,1-2H3,(H,16,17). The highest BCUT2D eigenvalue weighted by Gasteiger charge is 2.27. The highest BCUT2D eigenvalue weighted by atomic mass is 16.3. The van der Waals surface area contributed by atoms with Gasteiger partial charge in [0.2, 0.25) is 0 Å². The van der Waals surface area contributed by atoms with Crippen molar-refractivity contribution in [3.63, 3.8) is 0 Å². The molecule has 5 heteroatoms. The lowest BCUT2D eigenvalue weighted by atomic mass is 10.1. The molecule has 1 aromatic heterocycles. The van der Waals surface area contributed by atoms with E-state index in [1.165, 1.54) is 0 Å². The molecule has 1 aliphatic rings. The predicted molar refractivity (Wildman–Crippen MR) is 78.9 cm³/mol. The molecule has 20 heavy (non-hydrogen) atoms. The van der Waals surface area contributed by atoms with Crippen LogP contribution in [0.4, 0.5) is 5.69 Å². The van der Waals surface area contributed by atoms with Gasteiger partial charge in [0, 0.05) is 25.5 Å². The number of amides is 1. The highest BCUT2D eigenvalue weighted by Crippen LogP contribution is 2.22. The number of aliphatic hydroxyl groups is 1. The number of aryl methyl sites for hydroxylation is 1. The molecule has 1 unspecified atom stereocenters. The molecule has 0 bridgehead atoms. The van der Waals surface area contributed by atoms with Gasteiger partial charge in [0.15, 0.2) is 0 Å². The maximum Gasteiger partial charge on any atom is 0.257 e. The fraction of sp³-hybridized carbons (Fsp3) is 0.600. The van der Waals surface area contributed by atoms with Crippen molar-refractivity contribution < 1.29 is 9.90 Å². The molecule has 5 nitrogen and oxygen atoms in total. The van der Waals surface area contributed by atoms with Gasteiger partial charge in [-0.25, -0.2) is 0 Å². The van der Waals surface area contributed by atoms with E-state index in [0.29, 0.717) is 12.1 Å². The zero-order chi connectivity index (χ0) is 14.5. The van der Waals surface area contributed by atoms with Crippen LogP contribution in [0, 0.1) is 6.92 Å². The Morgan fingerprint density at radius 1 is 1.50 bits per heavy atom. The maximum absolute atomic E-state index is 12.7. The van der Waals surface area contributed by atoms with E-state index in [4.69, 9.17) is 0 Å². The topological polar surface area (TPSA) is 65.5 Å². The summed E-state index contributed by atoms with van der Waals surface area (Å²) in [5, 5.41) is 12.6. The average molecular weight is 277 g/mol. The third-order valence-electron chi connectivity index (χ3n) is 3.89. The molecular formula is C15H23N3O2. The van der Waals surface area contributed by atoms with Crippen molar-refractivity contribution in [2.75, 3.05) is 25.5 Å². The van der Waals surface area contributed by atoms with Crippen molar-refractivity contribution in [2.24, 2.45) is 0 Å². The first-order valence-corrected chi connectivity index (χ1v) is 7.23. The van der Waals surface area contributed by atoms with Crippen LogP contribution < -0.4 is 5.32 Å². The first-order chi connectivity index (χ1) is 9.67. The van der Waals surface area contributed by atoms with Gasteiger partial charge in [-0.3, -0.25) is 9.78 Å². The number of pyridine rings is 1. The van der Waals surface area contributed by atoms with Crippen LogP contribution in [0.25, 0.3) is 0 Å². The lowest BCUT2D eigenvalue weighted by molar-refractivity contribution is 0.0600. The third kappa shape index (κ3) is 3.10. The summed E-state index contributed by atoms with van der Waals surface area (Å²) in [5.74, 6) is -0.0391. The molecule has 1 saturated heterocycles. The molecule has 0 saturated carbocycles. The average Bonchev–Trinajstić information content (AvgIpc) is 2.71. The molecule has 1 aromatic rings. The summed E-state index contributed by atoms with van der Waals surface area (Å²) in [6.07, 6.45) is 5.68.